The zero-order chi connectivity index (χ0) is 19.8. The smallest absolute Gasteiger partial charge is 0.238 e. The van der Waals surface area contributed by atoms with E-state index in [1.807, 2.05) is 67.6 Å². The second-order valence-electron chi connectivity index (χ2n) is 7.34. The van der Waals surface area contributed by atoms with Gasteiger partial charge in [0.2, 0.25) is 11.8 Å². The molecule has 2 aromatic rings. The number of anilines is 1. The van der Waals surface area contributed by atoms with Crippen molar-refractivity contribution in [1.29, 1.82) is 0 Å². The number of nitrogens with zero attached hydrogens (tertiary/aromatic N) is 1. The molecular formula is C23H29N3O2. The van der Waals surface area contributed by atoms with Gasteiger partial charge >= 0.3 is 0 Å². The molecule has 1 fully saturated rings. The molecule has 5 nitrogen and oxygen atoms in total. The summed E-state index contributed by atoms with van der Waals surface area (Å²) in [7, 11) is 0. The Hall–Kier alpha value is -2.66. The Morgan fingerprint density at radius 1 is 1.00 bits per heavy atom. The first kappa shape index (κ1) is 20.1. The second kappa shape index (κ2) is 10.0. The van der Waals surface area contributed by atoms with Gasteiger partial charge in [-0.2, -0.15) is 0 Å². The quantitative estimate of drug-likeness (QED) is 0.775. The van der Waals surface area contributed by atoms with E-state index in [4.69, 9.17) is 0 Å². The molecule has 0 spiro atoms. The van der Waals surface area contributed by atoms with Crippen LogP contribution in [0, 0.1) is 0 Å². The fraction of sp³-hybridized carbons (Fsp3) is 0.391. The highest BCUT2D eigenvalue weighted by Crippen LogP contribution is 2.20. The van der Waals surface area contributed by atoms with Crippen LogP contribution in [0.15, 0.2) is 60.7 Å². The molecule has 0 aromatic heterocycles. The van der Waals surface area contributed by atoms with Crippen LogP contribution in [0.3, 0.4) is 0 Å². The van der Waals surface area contributed by atoms with Crippen LogP contribution in [0.2, 0.25) is 0 Å². The number of benzene rings is 2. The normalized spacial score (nSPS) is 16.3. The fourth-order valence-electron chi connectivity index (χ4n) is 3.72. The predicted molar refractivity (Wildman–Crippen MR) is 112 cm³/mol. The van der Waals surface area contributed by atoms with E-state index >= 15 is 0 Å². The Morgan fingerprint density at radius 3 is 2.21 bits per heavy atom. The number of piperidine rings is 1. The van der Waals surface area contributed by atoms with Gasteiger partial charge in [0.1, 0.15) is 0 Å². The van der Waals surface area contributed by atoms with Crippen molar-refractivity contribution in [2.24, 2.45) is 0 Å². The maximum atomic E-state index is 12.7. The Kier molecular flexibility index (Phi) is 7.20. The number of likely N-dealkylation sites (tertiary alicyclic amines) is 1. The van der Waals surface area contributed by atoms with E-state index in [1.54, 1.807) is 0 Å². The molecule has 1 aliphatic heterocycles. The number of para-hydroxylation sites is 1. The van der Waals surface area contributed by atoms with E-state index in [1.165, 1.54) is 0 Å². The molecule has 5 heteroatoms. The zero-order valence-electron chi connectivity index (χ0n) is 16.4. The van der Waals surface area contributed by atoms with Crippen molar-refractivity contribution in [2.75, 3.05) is 25.0 Å². The van der Waals surface area contributed by atoms with Gasteiger partial charge in [-0.25, -0.2) is 0 Å². The Bertz CT molecular complexity index is 756. The van der Waals surface area contributed by atoms with E-state index in [9.17, 15) is 9.59 Å². The van der Waals surface area contributed by atoms with Gasteiger partial charge in [-0.3, -0.25) is 14.5 Å². The molecule has 28 heavy (non-hydrogen) atoms. The molecule has 1 atom stereocenters. The van der Waals surface area contributed by atoms with Crippen LogP contribution in [0.4, 0.5) is 5.69 Å². The Labute approximate surface area is 167 Å². The first-order chi connectivity index (χ1) is 13.7. The number of carbonyl (C=O) groups excluding carboxylic acids is 2. The van der Waals surface area contributed by atoms with E-state index in [2.05, 4.69) is 15.5 Å². The fourth-order valence-corrected chi connectivity index (χ4v) is 3.72. The standard InChI is InChI=1S/C23H29N3O2/c1-2-21(18-9-5-3-6-10-18)23(28)25-20-13-15-26(16-14-20)17-22(27)24-19-11-7-4-8-12-19/h3-12,20-21H,2,13-17H2,1H3,(H,24,27)(H,25,28)/t21-/m1/s1. The van der Waals surface area contributed by atoms with Gasteiger partial charge in [0.05, 0.1) is 12.5 Å². The van der Waals surface area contributed by atoms with Crippen LogP contribution in [0.5, 0.6) is 0 Å². The minimum atomic E-state index is -0.101. The topological polar surface area (TPSA) is 61.4 Å². The summed E-state index contributed by atoms with van der Waals surface area (Å²) < 4.78 is 0. The molecule has 2 N–H and O–H groups in total. The van der Waals surface area contributed by atoms with Crippen molar-refractivity contribution in [1.82, 2.24) is 10.2 Å². The average molecular weight is 380 g/mol. The van der Waals surface area contributed by atoms with Crippen molar-refractivity contribution in [3.05, 3.63) is 66.2 Å². The third kappa shape index (κ3) is 5.67. The molecule has 2 aromatic carbocycles. The highest BCUT2D eigenvalue weighted by atomic mass is 16.2. The molecule has 0 aliphatic carbocycles. The summed E-state index contributed by atoms with van der Waals surface area (Å²) in [5.41, 5.74) is 1.89. The van der Waals surface area contributed by atoms with E-state index in [-0.39, 0.29) is 23.8 Å². The van der Waals surface area contributed by atoms with Crippen LogP contribution in [0.25, 0.3) is 0 Å². The van der Waals surface area contributed by atoms with Gasteiger partial charge < -0.3 is 10.6 Å². The van der Waals surface area contributed by atoms with Crippen molar-refractivity contribution in [3.63, 3.8) is 0 Å². The van der Waals surface area contributed by atoms with Crippen molar-refractivity contribution in [3.8, 4) is 0 Å². The number of hydrogen-bond donors (Lipinski definition) is 2. The van der Waals surface area contributed by atoms with Crippen molar-refractivity contribution < 1.29 is 9.59 Å². The van der Waals surface area contributed by atoms with Gasteiger partial charge in [0.25, 0.3) is 0 Å². The summed E-state index contributed by atoms with van der Waals surface area (Å²) in [6.07, 6.45) is 2.53. The number of hydrogen-bond acceptors (Lipinski definition) is 3. The summed E-state index contributed by atoms with van der Waals surface area (Å²) in [4.78, 5) is 27.1. The molecule has 0 unspecified atom stereocenters. The number of carbonyl (C=O) groups is 2. The van der Waals surface area contributed by atoms with Gasteiger partial charge in [-0.15, -0.1) is 0 Å². The maximum absolute atomic E-state index is 12.7. The first-order valence-electron chi connectivity index (χ1n) is 10.1. The third-order valence-corrected chi connectivity index (χ3v) is 5.29. The van der Waals surface area contributed by atoms with Gasteiger partial charge in [-0.1, -0.05) is 55.5 Å². The van der Waals surface area contributed by atoms with Crippen LogP contribution in [0.1, 0.15) is 37.7 Å². The molecule has 3 rings (SSSR count). The van der Waals surface area contributed by atoms with Crippen LogP contribution in [-0.4, -0.2) is 42.4 Å². The largest absolute Gasteiger partial charge is 0.353 e. The summed E-state index contributed by atoms with van der Waals surface area (Å²) in [6, 6.07) is 19.6. The number of rotatable bonds is 7. The second-order valence-corrected chi connectivity index (χ2v) is 7.34. The van der Waals surface area contributed by atoms with Crippen LogP contribution in [-0.2, 0) is 9.59 Å². The molecule has 1 heterocycles. The Balaban J connectivity index is 1.43. The highest BCUT2D eigenvalue weighted by Gasteiger charge is 2.25. The third-order valence-electron chi connectivity index (χ3n) is 5.29. The SMILES string of the molecule is CC[C@@H](C(=O)NC1CCN(CC(=O)Nc2ccccc2)CC1)c1ccccc1. The summed E-state index contributed by atoms with van der Waals surface area (Å²) in [5.74, 6) is 0.00802. The van der Waals surface area contributed by atoms with Gasteiger partial charge in [-0.05, 0) is 37.0 Å². The molecule has 2 amide bonds. The molecular weight excluding hydrogens is 350 g/mol. The minimum absolute atomic E-state index is 0.00353. The highest BCUT2D eigenvalue weighted by molar-refractivity contribution is 5.92. The molecule has 0 saturated carbocycles. The van der Waals surface area contributed by atoms with E-state index in [0.717, 1.165) is 43.6 Å². The van der Waals surface area contributed by atoms with Crippen molar-refractivity contribution >= 4 is 17.5 Å². The number of amides is 2. The monoisotopic (exact) mass is 379 g/mol. The molecule has 1 saturated heterocycles. The molecule has 148 valence electrons. The minimum Gasteiger partial charge on any atom is -0.353 e. The van der Waals surface area contributed by atoms with Crippen molar-refractivity contribution in [2.45, 2.75) is 38.1 Å². The summed E-state index contributed by atoms with van der Waals surface area (Å²) in [6.45, 7) is 4.06. The average Bonchev–Trinajstić information content (AvgIpc) is 2.71. The van der Waals surface area contributed by atoms with Crippen LogP contribution < -0.4 is 10.6 Å². The van der Waals surface area contributed by atoms with E-state index < -0.39 is 0 Å². The maximum Gasteiger partial charge on any atom is 0.238 e. The Morgan fingerprint density at radius 2 is 1.61 bits per heavy atom. The van der Waals surface area contributed by atoms with Crippen LogP contribution >= 0.6 is 0 Å². The summed E-state index contributed by atoms with van der Waals surface area (Å²) in [5, 5.41) is 6.14. The van der Waals surface area contributed by atoms with E-state index in [0.29, 0.717) is 6.54 Å². The first-order valence-corrected chi connectivity index (χ1v) is 10.1. The lowest BCUT2D eigenvalue weighted by atomic mass is 9.94. The lowest BCUT2D eigenvalue weighted by Crippen LogP contribution is -2.47. The summed E-state index contributed by atoms with van der Waals surface area (Å²) >= 11 is 0. The zero-order valence-corrected chi connectivity index (χ0v) is 16.4. The number of nitrogens with one attached hydrogen (secondary N) is 2. The molecule has 0 radical (unpaired) electrons. The van der Waals surface area contributed by atoms with Gasteiger partial charge in [0, 0.05) is 24.8 Å². The molecule has 0 bridgehead atoms. The van der Waals surface area contributed by atoms with Gasteiger partial charge in [0.15, 0.2) is 0 Å². The lowest BCUT2D eigenvalue weighted by molar-refractivity contribution is -0.124. The predicted octanol–water partition coefficient (Wildman–Crippen LogP) is 3.40. The molecule has 1 aliphatic rings. The lowest BCUT2D eigenvalue weighted by Gasteiger charge is -2.32.